The average molecular weight is 286 g/mol. The number of rotatable bonds is 4. The molecule has 0 spiro atoms. The van der Waals surface area contributed by atoms with E-state index in [2.05, 4.69) is 5.32 Å². The molecule has 3 nitrogen and oxygen atoms in total. The maximum atomic E-state index is 13.0. The van der Waals surface area contributed by atoms with Crippen molar-refractivity contribution in [2.75, 3.05) is 18.9 Å². The van der Waals surface area contributed by atoms with Crippen molar-refractivity contribution in [2.24, 2.45) is 0 Å². The number of hydrogen-bond donors (Lipinski definition) is 1. The van der Waals surface area contributed by atoms with E-state index in [9.17, 15) is 18.0 Å². The molecule has 2 rings (SSSR count). The van der Waals surface area contributed by atoms with Gasteiger partial charge >= 0.3 is 6.18 Å². The van der Waals surface area contributed by atoms with Gasteiger partial charge in [0.1, 0.15) is 0 Å². The Morgan fingerprint density at radius 2 is 2.05 bits per heavy atom. The Morgan fingerprint density at radius 1 is 1.40 bits per heavy atom. The monoisotopic (exact) mass is 286 g/mol. The van der Waals surface area contributed by atoms with Crippen molar-refractivity contribution in [2.45, 2.75) is 32.0 Å². The highest BCUT2D eigenvalue weighted by Crippen LogP contribution is 2.36. The lowest BCUT2D eigenvalue weighted by atomic mass is 10.1. The van der Waals surface area contributed by atoms with Gasteiger partial charge in [0.25, 0.3) is 5.91 Å². The molecular formula is C14H17F3N2O. The molecule has 110 valence electrons. The molecule has 0 atom stereocenters. The molecule has 1 fully saturated rings. The number of amides is 1. The summed E-state index contributed by atoms with van der Waals surface area (Å²) in [6.45, 7) is 2.11. The molecule has 0 heterocycles. The summed E-state index contributed by atoms with van der Waals surface area (Å²) in [7, 11) is 1.63. The van der Waals surface area contributed by atoms with Gasteiger partial charge in [-0.05, 0) is 38.0 Å². The molecule has 6 heteroatoms. The first-order valence-corrected chi connectivity index (χ1v) is 6.57. The van der Waals surface area contributed by atoms with E-state index in [1.807, 2.05) is 0 Å². The van der Waals surface area contributed by atoms with Crippen LogP contribution in [0.3, 0.4) is 0 Å². The third kappa shape index (κ3) is 3.05. The van der Waals surface area contributed by atoms with Gasteiger partial charge < -0.3 is 10.2 Å². The molecule has 1 aliphatic carbocycles. The molecular weight excluding hydrogens is 269 g/mol. The van der Waals surface area contributed by atoms with E-state index >= 15 is 0 Å². The minimum Gasteiger partial charge on any atom is -0.385 e. The maximum absolute atomic E-state index is 13.0. The molecule has 0 saturated heterocycles. The first kappa shape index (κ1) is 14.7. The molecule has 0 unspecified atom stereocenters. The lowest BCUT2D eigenvalue weighted by Gasteiger charge is -2.19. The van der Waals surface area contributed by atoms with Crippen LogP contribution >= 0.6 is 0 Å². The molecule has 0 aromatic heterocycles. The van der Waals surface area contributed by atoms with Crippen molar-refractivity contribution in [3.8, 4) is 0 Å². The highest BCUT2D eigenvalue weighted by molar-refractivity contribution is 5.95. The summed E-state index contributed by atoms with van der Waals surface area (Å²) in [5.74, 6) is -0.360. The number of nitrogens with one attached hydrogen (secondary N) is 1. The zero-order chi connectivity index (χ0) is 14.9. The van der Waals surface area contributed by atoms with Crippen LogP contribution in [0.15, 0.2) is 18.2 Å². The first-order valence-electron chi connectivity index (χ1n) is 6.57. The van der Waals surface area contributed by atoms with Crippen LogP contribution in [0.5, 0.6) is 0 Å². The number of hydrogen-bond acceptors (Lipinski definition) is 2. The topological polar surface area (TPSA) is 32.3 Å². The molecule has 1 aromatic rings. The van der Waals surface area contributed by atoms with Gasteiger partial charge in [-0.1, -0.05) is 0 Å². The Morgan fingerprint density at radius 3 is 2.55 bits per heavy atom. The Bertz CT molecular complexity index is 510. The molecule has 1 aromatic carbocycles. The van der Waals surface area contributed by atoms with Gasteiger partial charge in [0.15, 0.2) is 0 Å². The Labute approximate surface area is 115 Å². The second kappa shape index (κ2) is 5.34. The van der Waals surface area contributed by atoms with E-state index in [1.165, 1.54) is 17.0 Å². The Kier molecular flexibility index (Phi) is 3.92. The number of carbonyl (C=O) groups is 1. The number of anilines is 1. The van der Waals surface area contributed by atoms with E-state index in [-0.39, 0.29) is 23.2 Å². The van der Waals surface area contributed by atoms with E-state index in [1.54, 1.807) is 14.0 Å². The fourth-order valence-corrected chi connectivity index (χ4v) is 2.09. The van der Waals surface area contributed by atoms with E-state index < -0.39 is 11.7 Å². The summed E-state index contributed by atoms with van der Waals surface area (Å²) < 4.78 is 39.1. The summed E-state index contributed by atoms with van der Waals surface area (Å²) in [6.07, 6.45) is -2.64. The van der Waals surface area contributed by atoms with Crippen LogP contribution in [0.25, 0.3) is 0 Å². The van der Waals surface area contributed by atoms with Crippen LogP contribution in [-0.4, -0.2) is 30.4 Å². The van der Waals surface area contributed by atoms with Crippen LogP contribution in [0, 0.1) is 0 Å². The summed E-state index contributed by atoms with van der Waals surface area (Å²) in [6, 6.07) is 3.86. The third-order valence-corrected chi connectivity index (χ3v) is 3.35. The molecule has 0 bridgehead atoms. The van der Waals surface area contributed by atoms with Gasteiger partial charge in [0.05, 0.1) is 5.56 Å². The molecule has 1 saturated carbocycles. The lowest BCUT2D eigenvalue weighted by Crippen LogP contribution is -2.29. The van der Waals surface area contributed by atoms with Gasteiger partial charge in [-0.2, -0.15) is 13.2 Å². The highest BCUT2D eigenvalue weighted by Gasteiger charge is 2.35. The number of nitrogens with zero attached hydrogens (tertiary/aromatic N) is 1. The lowest BCUT2D eigenvalue weighted by molar-refractivity contribution is -0.137. The van der Waals surface area contributed by atoms with Crippen LogP contribution < -0.4 is 5.32 Å². The molecule has 1 aliphatic rings. The molecule has 20 heavy (non-hydrogen) atoms. The summed E-state index contributed by atoms with van der Waals surface area (Å²) in [5, 5.41) is 2.67. The van der Waals surface area contributed by atoms with Crippen LogP contribution in [0.2, 0.25) is 0 Å². The number of benzene rings is 1. The summed E-state index contributed by atoms with van der Waals surface area (Å²) >= 11 is 0. The van der Waals surface area contributed by atoms with Crippen molar-refractivity contribution in [3.05, 3.63) is 29.3 Å². The predicted molar refractivity (Wildman–Crippen MR) is 70.7 cm³/mol. The number of alkyl halides is 3. The van der Waals surface area contributed by atoms with Gasteiger partial charge in [-0.3, -0.25) is 4.79 Å². The SMILES string of the molecule is CCNc1ccc(C(=O)N(C)C2CC2)cc1C(F)(F)F. The van der Waals surface area contributed by atoms with E-state index in [4.69, 9.17) is 0 Å². The van der Waals surface area contributed by atoms with Crippen molar-refractivity contribution >= 4 is 11.6 Å². The Balaban J connectivity index is 2.33. The van der Waals surface area contributed by atoms with Crippen molar-refractivity contribution < 1.29 is 18.0 Å². The molecule has 1 N–H and O–H groups in total. The van der Waals surface area contributed by atoms with Crippen molar-refractivity contribution in [1.82, 2.24) is 4.90 Å². The zero-order valence-electron chi connectivity index (χ0n) is 11.4. The zero-order valence-corrected chi connectivity index (χ0v) is 11.4. The van der Waals surface area contributed by atoms with Gasteiger partial charge in [0, 0.05) is 30.9 Å². The van der Waals surface area contributed by atoms with Crippen LogP contribution in [0.1, 0.15) is 35.7 Å². The van der Waals surface area contributed by atoms with Gasteiger partial charge in [-0.25, -0.2) is 0 Å². The molecule has 0 aliphatic heterocycles. The second-order valence-corrected chi connectivity index (χ2v) is 4.94. The van der Waals surface area contributed by atoms with Crippen LogP contribution in [-0.2, 0) is 6.18 Å². The number of carbonyl (C=O) groups excluding carboxylic acids is 1. The highest BCUT2D eigenvalue weighted by atomic mass is 19.4. The van der Waals surface area contributed by atoms with Gasteiger partial charge in [0.2, 0.25) is 0 Å². The van der Waals surface area contributed by atoms with Crippen molar-refractivity contribution in [1.29, 1.82) is 0 Å². The fourth-order valence-electron chi connectivity index (χ4n) is 2.09. The largest absolute Gasteiger partial charge is 0.418 e. The molecule has 1 amide bonds. The normalized spacial score (nSPS) is 15.1. The van der Waals surface area contributed by atoms with Crippen molar-refractivity contribution in [3.63, 3.8) is 0 Å². The second-order valence-electron chi connectivity index (χ2n) is 4.94. The van der Waals surface area contributed by atoms with Gasteiger partial charge in [-0.15, -0.1) is 0 Å². The standard InChI is InChI=1S/C14H17F3N2O/c1-3-18-12-7-4-9(8-11(12)14(15,16)17)13(20)19(2)10-5-6-10/h4,7-8,10,18H,3,5-6H2,1-2H3. The molecule has 0 radical (unpaired) electrons. The first-order chi connectivity index (χ1) is 9.34. The predicted octanol–water partition coefficient (Wildman–Crippen LogP) is 3.37. The fraction of sp³-hybridized carbons (Fsp3) is 0.500. The van der Waals surface area contributed by atoms with Crippen LogP contribution in [0.4, 0.5) is 18.9 Å². The average Bonchev–Trinajstić information content (AvgIpc) is 3.21. The third-order valence-electron chi connectivity index (χ3n) is 3.35. The number of halogens is 3. The van der Waals surface area contributed by atoms with E-state index in [0.29, 0.717) is 6.54 Å². The maximum Gasteiger partial charge on any atom is 0.418 e. The Hall–Kier alpha value is -1.72. The van der Waals surface area contributed by atoms with E-state index in [0.717, 1.165) is 18.9 Å². The smallest absolute Gasteiger partial charge is 0.385 e. The summed E-state index contributed by atoms with van der Waals surface area (Å²) in [5.41, 5.74) is -0.714. The minimum atomic E-state index is -4.48. The quantitative estimate of drug-likeness (QED) is 0.920. The summed E-state index contributed by atoms with van der Waals surface area (Å²) in [4.78, 5) is 13.6. The minimum absolute atomic E-state index is 0.00521.